The van der Waals surface area contributed by atoms with Crippen LogP contribution in [-0.2, 0) is 95.9 Å². The van der Waals surface area contributed by atoms with Gasteiger partial charge in [0.2, 0.25) is 112 Å². The van der Waals surface area contributed by atoms with Gasteiger partial charge in [0, 0.05) is 17.3 Å². The lowest BCUT2D eigenvalue weighted by Gasteiger charge is -2.27. The lowest BCUT2D eigenvalue weighted by molar-refractivity contribution is -0.138. The molecule has 0 rings (SSSR count). The predicted molar refractivity (Wildman–Crippen MR) is 378 cm³/mol. The Kier molecular flexibility index (Phi) is 44.7. The van der Waals surface area contributed by atoms with Crippen molar-refractivity contribution in [2.75, 3.05) is 63.1 Å². The largest absolute Gasteiger partial charge is 0.480 e. The lowest BCUT2D eigenvalue weighted by Crippen LogP contribution is -2.62. The molecule has 0 saturated heterocycles. The Bertz CT molecular complexity index is 3190. The molecule has 46 nitrogen and oxygen atoms in total. The van der Waals surface area contributed by atoms with Gasteiger partial charge in [-0.3, -0.25) is 95.9 Å². The molecule has 49 heteroatoms. The van der Waals surface area contributed by atoms with Crippen molar-refractivity contribution in [1.29, 1.82) is 0 Å². The number of aliphatic carboxylic acids is 1. The van der Waals surface area contributed by atoms with Crippen LogP contribution in [0.2, 0.25) is 0 Å². The van der Waals surface area contributed by atoms with Crippen LogP contribution in [-0.4, -0.2) is 321 Å². The maximum Gasteiger partial charge on any atom is 0.322 e. The van der Waals surface area contributed by atoms with Crippen LogP contribution in [0.25, 0.3) is 0 Å². The monoisotopic (exact) mass is 1590 g/mol. The van der Waals surface area contributed by atoms with Crippen LogP contribution in [0.4, 0.5) is 0 Å². The summed E-state index contributed by atoms with van der Waals surface area (Å²) in [5, 5.41) is 102. The van der Waals surface area contributed by atoms with E-state index in [0.717, 1.165) is 34.6 Å². The number of nitrogens with two attached hydrogens (primary N) is 1. The first-order chi connectivity index (χ1) is 49.8. The van der Waals surface area contributed by atoms with Crippen molar-refractivity contribution < 1.29 is 127 Å². The maximum atomic E-state index is 13.5. The third-order valence-corrected chi connectivity index (χ3v) is 15.5. The molecule has 0 spiro atoms. The first-order valence-corrected chi connectivity index (χ1v) is 34.4. The molecule has 604 valence electrons. The topological polar surface area (TPSA) is 717 Å². The Morgan fingerprint density at radius 3 is 0.869 bits per heavy atom. The van der Waals surface area contributed by atoms with E-state index >= 15 is 0 Å². The molecule has 27 N–H and O–H groups in total. The Morgan fingerprint density at radius 1 is 0.252 bits per heavy atom. The zero-order valence-corrected chi connectivity index (χ0v) is 62.4. The third kappa shape index (κ3) is 36.9. The van der Waals surface area contributed by atoms with Crippen molar-refractivity contribution >= 4 is 156 Å². The zero-order valence-electron chi connectivity index (χ0n) is 59.7. The summed E-state index contributed by atoms with van der Waals surface area (Å²) in [7, 11) is 0. The highest BCUT2D eigenvalue weighted by Crippen LogP contribution is 2.05. The summed E-state index contributed by atoms with van der Waals surface area (Å²) in [4.78, 5) is 254. The molecule has 18 atom stereocenters. The van der Waals surface area contributed by atoms with Gasteiger partial charge in [-0.05, 0) is 69.2 Å². The Morgan fingerprint density at radius 2 is 0.486 bits per heavy atom. The van der Waals surface area contributed by atoms with Crippen molar-refractivity contribution in [3.05, 3.63) is 0 Å². The minimum absolute atomic E-state index is 0.410. The van der Waals surface area contributed by atoms with Crippen LogP contribution in [0, 0.1) is 0 Å². The quantitative estimate of drug-likeness (QED) is 0.0252. The molecule has 0 heterocycles. The third-order valence-electron chi connectivity index (χ3n) is 14.4. The van der Waals surface area contributed by atoms with Crippen LogP contribution in [0.15, 0.2) is 0 Å². The first-order valence-electron chi connectivity index (χ1n) is 32.5. The molecule has 0 aliphatic carbocycles. The Balaban J connectivity index is 5.49. The maximum absolute atomic E-state index is 13.5. The van der Waals surface area contributed by atoms with Crippen LogP contribution in [0.5, 0.6) is 0 Å². The van der Waals surface area contributed by atoms with Crippen LogP contribution < -0.4 is 107 Å². The Labute approximate surface area is 628 Å². The predicted octanol–water partition coefficient (Wildman–Crippen LogP) is -16.2. The standard InChI is InChI=1S/C58H98N20O26S3/c1-21(46(92)65-17-40(90)91)70-57(103)44(29(9)82)75-39(89)16-64-56(102)43(28(8)81)77-50(96)25(5)69-51(97)32(19-106)73-58(104)45(30(10)83)78-53(99)33(20-107)72-52(98)31(18-105)71-37(87)15-63-55(101)42(27(7)80)76-49(95)24(4)68-48(94)23(3)67-47(93)22(2)66-36(86)13-61-35(85)12-62-54(100)41(26(6)79)74-38(88)14-60-34(84)11-59/h21-33,41-45,79-83,105-107H,11-20,59H2,1-10H3,(H,60,84)(H,61,85)(H,62,100)(H,63,101)(H,64,102)(H,65,92)(H,66,86)(H,67,93)(H,68,94)(H,69,97)(H,70,103)(H,71,87)(H,72,98)(H,73,104)(H,74,88)(H,75,89)(H,76,95)(H,77,96)(H,78,99)(H,90,91)/t21-,22-,23-,24-,25-,26+,27+,28+,29+,30+,31-,32-,33-,41-,42-,43-,44-,45-/m0/s1. The van der Waals surface area contributed by atoms with Gasteiger partial charge in [-0.1, -0.05) is 0 Å². The summed E-state index contributed by atoms with van der Waals surface area (Å²) in [6, 6.07) is -20.5. The van der Waals surface area contributed by atoms with Gasteiger partial charge in [-0.15, -0.1) is 0 Å². The van der Waals surface area contributed by atoms with Gasteiger partial charge in [0.1, 0.15) is 85.1 Å². The van der Waals surface area contributed by atoms with Gasteiger partial charge in [-0.2, -0.15) is 37.9 Å². The van der Waals surface area contributed by atoms with Crippen molar-refractivity contribution in [3.8, 4) is 0 Å². The van der Waals surface area contributed by atoms with E-state index in [1.807, 2.05) is 5.32 Å². The molecule has 0 radical (unpaired) electrons. The van der Waals surface area contributed by atoms with Gasteiger partial charge < -0.3 is 137 Å². The molecule has 0 fully saturated rings. The van der Waals surface area contributed by atoms with E-state index in [2.05, 4.69) is 134 Å². The van der Waals surface area contributed by atoms with E-state index in [4.69, 9.17) is 10.8 Å². The van der Waals surface area contributed by atoms with Gasteiger partial charge >= 0.3 is 5.97 Å². The van der Waals surface area contributed by atoms with Crippen molar-refractivity contribution in [2.24, 2.45) is 5.73 Å². The molecule has 0 bridgehead atoms. The minimum Gasteiger partial charge on any atom is -0.480 e. The number of carbonyl (C=O) groups excluding carboxylic acids is 19. The second kappa shape index (κ2) is 49.1. The highest BCUT2D eigenvalue weighted by Gasteiger charge is 2.37. The molecular formula is C58H98N20O26S3. The normalized spacial score (nSPS) is 15.9. The van der Waals surface area contributed by atoms with E-state index in [9.17, 15) is 121 Å². The van der Waals surface area contributed by atoms with Gasteiger partial charge in [0.05, 0.1) is 69.8 Å². The highest BCUT2D eigenvalue weighted by atomic mass is 32.1. The number of hydrogen-bond acceptors (Lipinski definition) is 29. The highest BCUT2D eigenvalue weighted by molar-refractivity contribution is 7.80. The smallest absolute Gasteiger partial charge is 0.322 e. The molecule has 0 unspecified atom stereocenters. The van der Waals surface area contributed by atoms with Gasteiger partial charge in [-0.25, -0.2) is 0 Å². The number of rotatable bonds is 47. The second-order valence-corrected chi connectivity index (χ2v) is 24.9. The fourth-order valence-electron chi connectivity index (χ4n) is 8.20. The molecule has 0 aliphatic rings. The summed E-state index contributed by atoms with van der Waals surface area (Å²) < 4.78 is 0. The zero-order chi connectivity index (χ0) is 82.4. The lowest BCUT2D eigenvalue weighted by atomic mass is 10.1. The van der Waals surface area contributed by atoms with Crippen molar-refractivity contribution in [2.45, 2.75) is 178 Å². The molecule has 0 saturated carbocycles. The van der Waals surface area contributed by atoms with E-state index in [0.29, 0.717) is 0 Å². The number of thiol groups is 3. The van der Waals surface area contributed by atoms with Crippen molar-refractivity contribution in [1.82, 2.24) is 101 Å². The van der Waals surface area contributed by atoms with E-state index < -0.39 is 290 Å². The minimum atomic E-state index is -1.87. The number of carbonyl (C=O) groups is 20. The number of aliphatic hydroxyl groups excluding tert-OH is 5. The Hall–Kier alpha value is -9.79. The van der Waals surface area contributed by atoms with Crippen molar-refractivity contribution in [3.63, 3.8) is 0 Å². The van der Waals surface area contributed by atoms with E-state index in [1.165, 1.54) is 34.6 Å². The molecule has 0 aliphatic heterocycles. The average Bonchev–Trinajstić information content (AvgIpc) is 0.868. The summed E-state index contributed by atoms with van der Waals surface area (Å²) in [5.74, 6) is -22.1. The summed E-state index contributed by atoms with van der Waals surface area (Å²) in [6.45, 7) is 6.43. The van der Waals surface area contributed by atoms with Crippen LogP contribution >= 0.6 is 37.9 Å². The fourth-order valence-corrected chi connectivity index (χ4v) is 8.97. The number of hydrogen-bond donors (Lipinski definition) is 29. The molecular weight excluding hydrogens is 1490 g/mol. The first kappa shape index (κ1) is 97.2. The number of carboxylic acid groups (broad SMARTS) is 1. The number of aliphatic hydroxyl groups is 5. The van der Waals surface area contributed by atoms with Crippen LogP contribution in [0.3, 0.4) is 0 Å². The SMILES string of the molecule is C[C@H](NC(=O)CNC(=O)CNC(=O)[C@@H](NC(=O)CNC(=O)CN)[C@@H](C)O)C(=O)N[C@@H](C)C(=O)N[C@@H](C)C(=O)N[C@H](C(=O)NCC(=O)N[C@@H](CS)C(=O)N[C@@H](CS)C(=O)N[C@H](C(=O)N[C@@H](CS)C(=O)N[C@@H](C)C(=O)N[C@H](C(=O)NCC(=O)N[C@H](C(=O)N[C@@H](C)C(=O)NCC(=O)O)[C@@H](C)O)[C@@H](C)O)[C@@H](C)O)[C@@H](C)O. The molecule has 0 aromatic rings. The van der Waals surface area contributed by atoms with Gasteiger partial charge in [0.25, 0.3) is 0 Å². The van der Waals surface area contributed by atoms with Crippen LogP contribution in [0.1, 0.15) is 69.2 Å². The molecule has 19 amide bonds. The second-order valence-electron chi connectivity index (χ2n) is 23.8. The molecule has 0 aromatic carbocycles. The van der Waals surface area contributed by atoms with E-state index in [1.54, 1.807) is 0 Å². The van der Waals surface area contributed by atoms with E-state index in [-0.39, 0.29) is 0 Å². The summed E-state index contributed by atoms with van der Waals surface area (Å²) in [5.41, 5.74) is 5.14. The summed E-state index contributed by atoms with van der Waals surface area (Å²) >= 11 is 12.2. The summed E-state index contributed by atoms with van der Waals surface area (Å²) in [6.07, 6.45) is -8.02. The fraction of sp³-hybridized carbons (Fsp3) is 0.655. The molecule has 107 heavy (non-hydrogen) atoms. The number of amides is 19. The average molecular weight is 1590 g/mol. The number of nitrogens with one attached hydrogen (secondary N) is 19. The number of carboxylic acids is 1. The van der Waals surface area contributed by atoms with Gasteiger partial charge in [0.15, 0.2) is 0 Å². The molecule has 0 aromatic heterocycles.